The van der Waals surface area contributed by atoms with Gasteiger partial charge in [0.1, 0.15) is 5.75 Å². The van der Waals surface area contributed by atoms with E-state index in [0.717, 1.165) is 23.3 Å². The lowest BCUT2D eigenvalue weighted by Crippen LogP contribution is -2.14. The van der Waals surface area contributed by atoms with Crippen LogP contribution in [-0.2, 0) is 33.6 Å². The number of carbonyl (C=O) groups is 2. The first-order chi connectivity index (χ1) is 11.1. The number of amides is 1. The molecule has 0 unspecified atom stereocenters. The molecule has 1 N–H and O–H groups in total. The molecule has 0 saturated heterocycles. The third-order valence-corrected chi connectivity index (χ3v) is 4.28. The summed E-state index contributed by atoms with van der Waals surface area (Å²) in [6, 6.07) is 5.81. The van der Waals surface area contributed by atoms with E-state index in [1.165, 1.54) is 18.4 Å². The smallest absolute Gasteiger partial charge is 0.311 e. The maximum atomic E-state index is 12.1. The summed E-state index contributed by atoms with van der Waals surface area (Å²) < 4.78 is 10.0. The molecule has 2 heterocycles. The van der Waals surface area contributed by atoms with Crippen LogP contribution in [0.5, 0.6) is 5.75 Å². The normalized spacial score (nSPS) is 12.4. The van der Waals surface area contributed by atoms with Crippen LogP contribution in [0.4, 0.5) is 5.13 Å². The highest BCUT2D eigenvalue weighted by Crippen LogP contribution is 2.26. The number of benzene rings is 1. The Morgan fingerprint density at radius 3 is 3.09 bits per heavy atom. The van der Waals surface area contributed by atoms with Gasteiger partial charge in [-0.25, -0.2) is 4.98 Å². The average Bonchev–Trinajstić information content (AvgIpc) is 3.15. The molecule has 1 aromatic heterocycles. The number of hydrogen-bond donors (Lipinski definition) is 1. The van der Waals surface area contributed by atoms with Crippen LogP contribution in [0.25, 0.3) is 0 Å². The maximum Gasteiger partial charge on any atom is 0.311 e. The molecule has 23 heavy (non-hydrogen) atoms. The topological polar surface area (TPSA) is 77.5 Å². The van der Waals surface area contributed by atoms with Gasteiger partial charge in [-0.3, -0.25) is 9.59 Å². The van der Waals surface area contributed by atoms with Gasteiger partial charge in [0.05, 0.1) is 32.3 Å². The third-order valence-electron chi connectivity index (χ3n) is 3.47. The monoisotopic (exact) mass is 332 g/mol. The number of esters is 1. The van der Waals surface area contributed by atoms with Crippen LogP contribution in [0.3, 0.4) is 0 Å². The molecule has 7 heteroatoms. The van der Waals surface area contributed by atoms with Crippen LogP contribution >= 0.6 is 11.3 Å². The van der Waals surface area contributed by atoms with E-state index in [0.29, 0.717) is 17.4 Å². The summed E-state index contributed by atoms with van der Waals surface area (Å²) in [5.74, 6) is 0.415. The highest BCUT2D eigenvalue weighted by atomic mass is 32.1. The molecule has 1 amide bonds. The second-order valence-corrected chi connectivity index (χ2v) is 6.02. The second-order valence-electron chi connectivity index (χ2n) is 5.16. The summed E-state index contributed by atoms with van der Waals surface area (Å²) in [5.41, 5.74) is 2.68. The summed E-state index contributed by atoms with van der Waals surface area (Å²) >= 11 is 1.29. The predicted octanol–water partition coefficient (Wildman–Crippen LogP) is 1.97. The Morgan fingerprint density at radius 2 is 2.26 bits per heavy atom. The van der Waals surface area contributed by atoms with E-state index in [9.17, 15) is 9.59 Å². The molecule has 0 atom stereocenters. The Hall–Kier alpha value is -2.41. The van der Waals surface area contributed by atoms with Crippen LogP contribution in [0, 0.1) is 0 Å². The van der Waals surface area contributed by atoms with Crippen molar-refractivity contribution in [2.45, 2.75) is 19.3 Å². The minimum absolute atomic E-state index is 0.105. The zero-order valence-corrected chi connectivity index (χ0v) is 13.4. The van der Waals surface area contributed by atoms with Crippen molar-refractivity contribution in [2.75, 3.05) is 19.0 Å². The van der Waals surface area contributed by atoms with Crippen molar-refractivity contribution in [3.8, 4) is 5.75 Å². The van der Waals surface area contributed by atoms with Gasteiger partial charge in [-0.15, -0.1) is 11.3 Å². The van der Waals surface area contributed by atoms with Gasteiger partial charge in [0.2, 0.25) is 5.91 Å². The van der Waals surface area contributed by atoms with Crippen molar-refractivity contribution in [2.24, 2.45) is 0 Å². The van der Waals surface area contributed by atoms with Gasteiger partial charge >= 0.3 is 5.97 Å². The first kappa shape index (κ1) is 15.5. The summed E-state index contributed by atoms with van der Waals surface area (Å²) in [6.07, 6.45) is 1.26. The molecular formula is C16H16N2O4S. The lowest BCUT2D eigenvalue weighted by molar-refractivity contribution is -0.139. The number of nitrogens with one attached hydrogen (secondary N) is 1. The standard InChI is InChI=1S/C16H16N2O4S/c1-21-15(20)8-12-9-23-16(17-12)18-14(19)7-10-2-3-13-11(6-10)4-5-22-13/h2-3,6,9H,4-5,7-8H2,1H3,(H,17,18,19). The van der Waals surface area contributed by atoms with Gasteiger partial charge in [-0.05, 0) is 17.2 Å². The number of hydrogen-bond acceptors (Lipinski definition) is 6. The van der Waals surface area contributed by atoms with Gasteiger partial charge in [0.25, 0.3) is 0 Å². The maximum absolute atomic E-state index is 12.1. The van der Waals surface area contributed by atoms with Crippen LogP contribution < -0.4 is 10.1 Å². The Morgan fingerprint density at radius 1 is 1.39 bits per heavy atom. The summed E-state index contributed by atoms with van der Waals surface area (Å²) in [7, 11) is 1.33. The summed E-state index contributed by atoms with van der Waals surface area (Å²) in [6.45, 7) is 0.701. The van der Waals surface area contributed by atoms with Gasteiger partial charge in [0.15, 0.2) is 5.13 Å². The number of carbonyl (C=O) groups excluding carboxylic acids is 2. The lowest BCUT2D eigenvalue weighted by Gasteiger charge is -2.04. The minimum Gasteiger partial charge on any atom is -0.493 e. The molecule has 1 aromatic carbocycles. The van der Waals surface area contributed by atoms with Gasteiger partial charge < -0.3 is 14.8 Å². The number of thiazole rings is 1. The van der Waals surface area contributed by atoms with Crippen LogP contribution in [0.2, 0.25) is 0 Å². The van der Waals surface area contributed by atoms with E-state index in [2.05, 4.69) is 15.0 Å². The van der Waals surface area contributed by atoms with Crippen LogP contribution in [0.1, 0.15) is 16.8 Å². The molecule has 3 rings (SSSR count). The zero-order valence-electron chi connectivity index (χ0n) is 12.6. The van der Waals surface area contributed by atoms with E-state index >= 15 is 0 Å². The number of methoxy groups -OCH3 is 1. The number of anilines is 1. The molecule has 1 aliphatic heterocycles. The lowest BCUT2D eigenvalue weighted by atomic mass is 10.1. The van der Waals surface area contributed by atoms with Crippen LogP contribution in [-0.4, -0.2) is 30.6 Å². The van der Waals surface area contributed by atoms with E-state index in [1.54, 1.807) is 5.38 Å². The summed E-state index contributed by atoms with van der Waals surface area (Å²) in [5, 5.41) is 4.97. The van der Waals surface area contributed by atoms with Crippen LogP contribution in [0.15, 0.2) is 23.6 Å². The molecule has 1 aliphatic rings. The SMILES string of the molecule is COC(=O)Cc1csc(NC(=O)Cc2ccc3c(c2)CCO3)n1. The molecular weight excluding hydrogens is 316 g/mol. The van der Waals surface area contributed by atoms with Gasteiger partial charge in [-0.2, -0.15) is 0 Å². The molecule has 0 radical (unpaired) electrons. The molecule has 120 valence electrons. The predicted molar refractivity (Wildman–Crippen MR) is 85.8 cm³/mol. The number of nitrogens with zero attached hydrogens (tertiary/aromatic N) is 1. The number of rotatable bonds is 5. The first-order valence-corrected chi connectivity index (χ1v) is 8.07. The molecule has 0 spiro atoms. The number of ether oxygens (including phenoxy) is 2. The molecule has 0 fully saturated rings. The van der Waals surface area contributed by atoms with Gasteiger partial charge in [-0.1, -0.05) is 12.1 Å². The van der Waals surface area contributed by atoms with E-state index in [4.69, 9.17) is 4.74 Å². The average molecular weight is 332 g/mol. The quantitative estimate of drug-likeness (QED) is 0.847. The van der Waals surface area contributed by atoms with Crippen molar-refractivity contribution in [3.05, 3.63) is 40.4 Å². The Kier molecular flexibility index (Phi) is 4.57. The Balaban J connectivity index is 1.58. The highest BCUT2D eigenvalue weighted by molar-refractivity contribution is 7.13. The molecule has 0 saturated carbocycles. The Bertz CT molecular complexity index is 741. The number of aromatic nitrogens is 1. The fraction of sp³-hybridized carbons (Fsp3) is 0.312. The fourth-order valence-corrected chi connectivity index (χ4v) is 3.09. The zero-order chi connectivity index (χ0) is 16.2. The van der Waals surface area contributed by atoms with E-state index < -0.39 is 0 Å². The van der Waals surface area contributed by atoms with Crippen molar-refractivity contribution < 1.29 is 19.1 Å². The molecule has 0 bridgehead atoms. The highest BCUT2D eigenvalue weighted by Gasteiger charge is 2.14. The Labute approximate surface area is 137 Å². The molecule has 0 aliphatic carbocycles. The van der Waals surface area contributed by atoms with Crippen molar-refractivity contribution in [1.82, 2.24) is 4.98 Å². The van der Waals surface area contributed by atoms with Gasteiger partial charge in [0, 0.05) is 11.8 Å². The number of fused-ring (bicyclic) bond motifs is 1. The minimum atomic E-state index is -0.353. The fourth-order valence-electron chi connectivity index (χ4n) is 2.36. The van der Waals surface area contributed by atoms with Crippen molar-refractivity contribution in [3.63, 3.8) is 0 Å². The van der Waals surface area contributed by atoms with E-state index in [1.807, 2.05) is 18.2 Å². The molecule has 2 aromatic rings. The summed E-state index contributed by atoms with van der Waals surface area (Å²) in [4.78, 5) is 27.5. The van der Waals surface area contributed by atoms with E-state index in [-0.39, 0.29) is 24.7 Å². The largest absolute Gasteiger partial charge is 0.493 e. The third kappa shape index (κ3) is 3.87. The molecule has 6 nitrogen and oxygen atoms in total. The van der Waals surface area contributed by atoms with Crippen molar-refractivity contribution in [1.29, 1.82) is 0 Å². The van der Waals surface area contributed by atoms with Crippen molar-refractivity contribution >= 4 is 28.3 Å². The second kappa shape index (κ2) is 6.78. The first-order valence-electron chi connectivity index (χ1n) is 7.19.